The van der Waals surface area contributed by atoms with Crippen molar-refractivity contribution in [1.82, 2.24) is 5.32 Å². The fraction of sp³-hybridized carbons (Fsp3) is 0.176. The van der Waals surface area contributed by atoms with Gasteiger partial charge in [-0.2, -0.15) is 0 Å². The highest BCUT2D eigenvalue weighted by molar-refractivity contribution is 5.83. The number of carbonyl (C=O) groups is 2. The van der Waals surface area contributed by atoms with Crippen LogP contribution in [0.15, 0.2) is 54.6 Å². The number of benzene rings is 2. The first-order valence-corrected chi connectivity index (χ1v) is 6.84. The molecule has 1 amide bonds. The van der Waals surface area contributed by atoms with Gasteiger partial charge < -0.3 is 10.1 Å². The minimum Gasteiger partial charge on any atom is -0.460 e. The van der Waals surface area contributed by atoms with Crippen LogP contribution in [0, 0.1) is 5.82 Å². The molecule has 0 unspecified atom stereocenters. The molecule has 0 aliphatic carbocycles. The average molecular weight is 301 g/mol. The molecule has 0 radical (unpaired) electrons. The molecular formula is C17H16FNO3. The number of nitrogens with one attached hydrogen (secondary N) is 1. The van der Waals surface area contributed by atoms with Gasteiger partial charge in [0.2, 0.25) is 5.91 Å². The summed E-state index contributed by atoms with van der Waals surface area (Å²) in [5.41, 5.74) is 1.43. The highest BCUT2D eigenvalue weighted by Crippen LogP contribution is 2.05. The van der Waals surface area contributed by atoms with Gasteiger partial charge in [0.15, 0.2) is 0 Å². The van der Waals surface area contributed by atoms with Crippen molar-refractivity contribution in [3.05, 3.63) is 71.5 Å². The number of rotatable bonds is 6. The van der Waals surface area contributed by atoms with Crippen LogP contribution in [-0.4, -0.2) is 18.4 Å². The van der Waals surface area contributed by atoms with Crippen LogP contribution in [0.4, 0.5) is 4.39 Å². The molecule has 2 rings (SSSR count). The second-order valence-electron chi connectivity index (χ2n) is 4.73. The minimum absolute atomic E-state index is 0.0227. The summed E-state index contributed by atoms with van der Waals surface area (Å²) in [4.78, 5) is 23.2. The lowest BCUT2D eigenvalue weighted by Gasteiger charge is -2.07. The summed E-state index contributed by atoms with van der Waals surface area (Å²) in [6.07, 6.45) is 0.206. The number of esters is 1. The molecule has 2 aromatic rings. The van der Waals surface area contributed by atoms with Crippen LogP contribution >= 0.6 is 0 Å². The maximum Gasteiger partial charge on any atom is 0.325 e. The van der Waals surface area contributed by atoms with Crippen molar-refractivity contribution in [1.29, 1.82) is 0 Å². The summed E-state index contributed by atoms with van der Waals surface area (Å²) in [5, 5.41) is 2.49. The van der Waals surface area contributed by atoms with Gasteiger partial charge in [0.1, 0.15) is 19.0 Å². The third-order valence-electron chi connectivity index (χ3n) is 2.93. The van der Waals surface area contributed by atoms with Gasteiger partial charge in [0.05, 0.1) is 6.42 Å². The van der Waals surface area contributed by atoms with Crippen LogP contribution in [0.25, 0.3) is 0 Å². The summed E-state index contributed by atoms with van der Waals surface area (Å²) in [5.74, 6) is -1.20. The van der Waals surface area contributed by atoms with E-state index in [1.165, 1.54) is 12.1 Å². The van der Waals surface area contributed by atoms with Crippen LogP contribution in [0.2, 0.25) is 0 Å². The van der Waals surface area contributed by atoms with Crippen LogP contribution < -0.4 is 5.32 Å². The molecule has 0 aromatic heterocycles. The zero-order valence-electron chi connectivity index (χ0n) is 11.9. The Morgan fingerprint density at radius 2 is 1.73 bits per heavy atom. The zero-order chi connectivity index (χ0) is 15.8. The molecule has 22 heavy (non-hydrogen) atoms. The Hall–Kier alpha value is -2.69. The van der Waals surface area contributed by atoms with Crippen molar-refractivity contribution in [3.63, 3.8) is 0 Å². The molecule has 2 aromatic carbocycles. The normalized spacial score (nSPS) is 10.0. The van der Waals surface area contributed by atoms with Gasteiger partial charge in [-0.25, -0.2) is 4.39 Å². The zero-order valence-corrected chi connectivity index (χ0v) is 11.9. The Balaban J connectivity index is 1.70. The molecule has 0 aliphatic heterocycles. The van der Waals surface area contributed by atoms with Crippen LogP contribution in [0.1, 0.15) is 11.1 Å². The van der Waals surface area contributed by atoms with E-state index in [-0.39, 0.29) is 31.3 Å². The van der Waals surface area contributed by atoms with E-state index in [9.17, 15) is 14.0 Å². The smallest absolute Gasteiger partial charge is 0.325 e. The first-order chi connectivity index (χ1) is 10.6. The predicted molar refractivity (Wildman–Crippen MR) is 79.4 cm³/mol. The molecule has 0 atom stereocenters. The summed E-state index contributed by atoms with van der Waals surface area (Å²) in [6.45, 7) is -0.230. The molecule has 4 nitrogen and oxygen atoms in total. The number of carbonyl (C=O) groups excluding carboxylic acids is 2. The number of amides is 1. The quantitative estimate of drug-likeness (QED) is 0.832. The highest BCUT2D eigenvalue weighted by Gasteiger charge is 2.08. The van der Waals surface area contributed by atoms with Crippen molar-refractivity contribution in [2.24, 2.45) is 0 Å². The fourth-order valence-electron chi connectivity index (χ4n) is 1.86. The van der Waals surface area contributed by atoms with E-state index in [0.717, 1.165) is 5.56 Å². The Kier molecular flexibility index (Phi) is 5.65. The van der Waals surface area contributed by atoms with Crippen LogP contribution in [-0.2, 0) is 27.4 Å². The molecule has 0 heterocycles. The summed E-state index contributed by atoms with van der Waals surface area (Å²) >= 11 is 0. The van der Waals surface area contributed by atoms with E-state index in [4.69, 9.17) is 4.74 Å². The molecule has 0 aliphatic rings. The van der Waals surface area contributed by atoms with Gasteiger partial charge in [-0.1, -0.05) is 42.5 Å². The number of hydrogen-bond acceptors (Lipinski definition) is 3. The molecule has 0 fully saturated rings. The topological polar surface area (TPSA) is 55.4 Å². The fourth-order valence-corrected chi connectivity index (χ4v) is 1.86. The summed E-state index contributed by atoms with van der Waals surface area (Å²) < 4.78 is 17.9. The average Bonchev–Trinajstić information content (AvgIpc) is 2.52. The molecule has 5 heteroatoms. The van der Waals surface area contributed by atoms with E-state index < -0.39 is 5.97 Å². The van der Waals surface area contributed by atoms with Crippen molar-refractivity contribution in [3.8, 4) is 0 Å². The maximum absolute atomic E-state index is 13.0. The van der Waals surface area contributed by atoms with Gasteiger partial charge in [0.25, 0.3) is 0 Å². The Morgan fingerprint density at radius 3 is 2.45 bits per heavy atom. The van der Waals surface area contributed by atoms with Crippen molar-refractivity contribution in [2.75, 3.05) is 6.54 Å². The van der Waals surface area contributed by atoms with E-state index in [0.29, 0.717) is 5.56 Å². The van der Waals surface area contributed by atoms with Crippen molar-refractivity contribution < 1.29 is 18.7 Å². The first kappa shape index (κ1) is 15.7. The Morgan fingerprint density at radius 1 is 1.00 bits per heavy atom. The van der Waals surface area contributed by atoms with Gasteiger partial charge >= 0.3 is 5.97 Å². The lowest BCUT2D eigenvalue weighted by atomic mass is 10.1. The molecule has 0 bridgehead atoms. The van der Waals surface area contributed by atoms with Gasteiger partial charge in [-0.3, -0.25) is 9.59 Å². The van der Waals surface area contributed by atoms with Crippen LogP contribution in [0.3, 0.4) is 0 Å². The lowest BCUT2D eigenvalue weighted by molar-refractivity contribution is -0.145. The molecule has 0 saturated carbocycles. The predicted octanol–water partition coefficient (Wildman–Crippen LogP) is 2.23. The van der Waals surface area contributed by atoms with Gasteiger partial charge in [0, 0.05) is 0 Å². The third kappa shape index (κ3) is 5.36. The third-order valence-corrected chi connectivity index (χ3v) is 2.93. The van der Waals surface area contributed by atoms with E-state index in [2.05, 4.69) is 5.32 Å². The lowest BCUT2D eigenvalue weighted by Crippen LogP contribution is -2.31. The first-order valence-electron chi connectivity index (χ1n) is 6.84. The number of halogens is 1. The summed E-state index contributed by atoms with van der Waals surface area (Å²) in [6, 6.07) is 15.0. The van der Waals surface area contributed by atoms with Gasteiger partial charge in [-0.15, -0.1) is 0 Å². The van der Waals surface area contributed by atoms with Gasteiger partial charge in [-0.05, 0) is 23.3 Å². The monoisotopic (exact) mass is 301 g/mol. The van der Waals surface area contributed by atoms with Crippen molar-refractivity contribution >= 4 is 11.9 Å². The standard InChI is InChI=1S/C17H16FNO3/c18-15-8-4-7-14(9-15)12-22-17(21)11-19-16(20)10-13-5-2-1-3-6-13/h1-9H,10-12H2,(H,19,20). The molecular weight excluding hydrogens is 285 g/mol. The van der Waals surface area contributed by atoms with E-state index in [1.54, 1.807) is 12.1 Å². The minimum atomic E-state index is -0.564. The SMILES string of the molecule is O=C(Cc1ccccc1)NCC(=O)OCc1cccc(F)c1. The van der Waals surface area contributed by atoms with Crippen LogP contribution in [0.5, 0.6) is 0 Å². The number of ether oxygens (including phenoxy) is 1. The molecule has 114 valence electrons. The second-order valence-corrected chi connectivity index (χ2v) is 4.73. The largest absolute Gasteiger partial charge is 0.460 e. The maximum atomic E-state index is 13.0. The molecule has 1 N–H and O–H groups in total. The Bertz CT molecular complexity index is 643. The van der Waals surface area contributed by atoms with Crippen molar-refractivity contribution in [2.45, 2.75) is 13.0 Å². The van der Waals surface area contributed by atoms with E-state index >= 15 is 0 Å². The molecule has 0 spiro atoms. The summed E-state index contributed by atoms with van der Waals surface area (Å²) in [7, 11) is 0. The second kappa shape index (κ2) is 7.93. The highest BCUT2D eigenvalue weighted by atomic mass is 19.1. The molecule has 0 saturated heterocycles. The Labute approximate surface area is 127 Å². The van der Waals surface area contributed by atoms with E-state index in [1.807, 2.05) is 30.3 Å². The number of hydrogen-bond donors (Lipinski definition) is 1.